The Bertz CT molecular complexity index is 470. The van der Waals surface area contributed by atoms with Crippen LogP contribution in [0.25, 0.3) is 0 Å². The van der Waals surface area contributed by atoms with Crippen molar-refractivity contribution >= 4 is 17.7 Å². The highest BCUT2D eigenvalue weighted by Crippen LogP contribution is 2.21. The van der Waals surface area contributed by atoms with E-state index in [0.717, 1.165) is 25.7 Å². The van der Waals surface area contributed by atoms with Crippen molar-refractivity contribution in [3.63, 3.8) is 0 Å². The zero-order valence-electron chi connectivity index (χ0n) is 12.3. The van der Waals surface area contributed by atoms with E-state index in [9.17, 15) is 9.59 Å². The van der Waals surface area contributed by atoms with Crippen LogP contribution in [0.4, 0.5) is 0 Å². The lowest BCUT2D eigenvalue weighted by Gasteiger charge is -2.11. The minimum Gasteiger partial charge on any atom is -0.465 e. The number of aromatic nitrogens is 3. The number of ether oxygens (including phenoxy) is 1. The molecule has 1 rings (SSSR count). The van der Waals surface area contributed by atoms with Gasteiger partial charge in [0.15, 0.2) is 5.16 Å². The van der Waals surface area contributed by atoms with Gasteiger partial charge in [-0.1, -0.05) is 38.5 Å². The molecule has 1 aromatic rings. The van der Waals surface area contributed by atoms with E-state index < -0.39 is 0 Å². The Hall–Kier alpha value is -1.24. The number of thioether (sulfide) groups is 1. The summed E-state index contributed by atoms with van der Waals surface area (Å²) in [5.74, 6) is -0.263. The van der Waals surface area contributed by atoms with E-state index in [1.54, 1.807) is 11.5 Å². The number of hydrogen-bond acceptors (Lipinski definition) is 5. The number of rotatable bonds is 9. The first-order valence-corrected chi connectivity index (χ1v) is 7.96. The van der Waals surface area contributed by atoms with E-state index in [-0.39, 0.29) is 16.9 Å². The van der Waals surface area contributed by atoms with Crippen molar-refractivity contribution in [1.82, 2.24) is 14.8 Å². The summed E-state index contributed by atoms with van der Waals surface area (Å²) in [6.45, 7) is 6.94. The van der Waals surface area contributed by atoms with E-state index in [2.05, 4.69) is 17.1 Å². The third-order valence-electron chi connectivity index (χ3n) is 2.81. The highest BCUT2D eigenvalue weighted by Gasteiger charge is 2.19. The van der Waals surface area contributed by atoms with Gasteiger partial charge < -0.3 is 4.74 Å². The number of H-pyrrole nitrogens is 1. The molecule has 0 spiro atoms. The molecule has 0 saturated heterocycles. The smallest absolute Gasteiger partial charge is 0.343 e. The standard InChI is InChI=1S/C13H23N3O3S/c1-4-6-8-16-12(18)14-15-13(16)20-10(3)11(17)19-9-7-5-2/h10H,4-9H2,1-3H3,(H,14,18). The number of carbonyl (C=O) groups excluding carboxylic acids is 1. The molecule has 0 bridgehead atoms. The van der Waals surface area contributed by atoms with Crippen LogP contribution in [0.5, 0.6) is 0 Å². The fraction of sp³-hybridized carbons (Fsp3) is 0.769. The Morgan fingerprint density at radius 3 is 2.75 bits per heavy atom. The maximum Gasteiger partial charge on any atom is 0.343 e. The molecule has 0 aliphatic rings. The maximum absolute atomic E-state index is 11.8. The van der Waals surface area contributed by atoms with E-state index in [0.29, 0.717) is 18.3 Å². The molecule has 0 fully saturated rings. The first-order valence-electron chi connectivity index (χ1n) is 7.08. The molecular formula is C13H23N3O3S. The van der Waals surface area contributed by atoms with Crippen molar-refractivity contribution < 1.29 is 9.53 Å². The van der Waals surface area contributed by atoms with E-state index in [1.165, 1.54) is 11.8 Å². The molecule has 0 aliphatic carbocycles. The van der Waals surface area contributed by atoms with Crippen molar-refractivity contribution in [3.8, 4) is 0 Å². The minimum atomic E-state index is -0.373. The molecule has 1 atom stereocenters. The predicted molar refractivity (Wildman–Crippen MR) is 78.9 cm³/mol. The van der Waals surface area contributed by atoms with Gasteiger partial charge in [-0.15, -0.1) is 5.10 Å². The molecule has 1 unspecified atom stereocenters. The number of nitrogens with one attached hydrogen (secondary N) is 1. The lowest BCUT2D eigenvalue weighted by molar-refractivity contribution is -0.142. The Balaban J connectivity index is 2.58. The molecule has 6 nitrogen and oxygen atoms in total. The van der Waals surface area contributed by atoms with Crippen LogP contribution in [0, 0.1) is 0 Å². The molecule has 1 aromatic heterocycles. The van der Waals surface area contributed by atoms with Crippen molar-refractivity contribution in [1.29, 1.82) is 0 Å². The third-order valence-corrected chi connectivity index (χ3v) is 3.88. The lowest BCUT2D eigenvalue weighted by atomic mass is 10.3. The Morgan fingerprint density at radius 2 is 2.10 bits per heavy atom. The molecule has 20 heavy (non-hydrogen) atoms. The summed E-state index contributed by atoms with van der Waals surface area (Å²) in [4.78, 5) is 23.4. The Kier molecular flexibility index (Phi) is 7.43. The first-order chi connectivity index (χ1) is 9.60. The van der Waals surface area contributed by atoms with Gasteiger partial charge in [0.2, 0.25) is 0 Å². The van der Waals surface area contributed by atoms with Crippen LogP contribution in [0.2, 0.25) is 0 Å². The summed E-state index contributed by atoms with van der Waals surface area (Å²) in [6.07, 6.45) is 3.76. The van der Waals surface area contributed by atoms with Crippen LogP contribution in [0.1, 0.15) is 46.5 Å². The average molecular weight is 301 g/mol. The number of hydrogen-bond donors (Lipinski definition) is 1. The highest BCUT2D eigenvalue weighted by atomic mass is 32.2. The molecule has 1 N–H and O–H groups in total. The number of unbranched alkanes of at least 4 members (excludes halogenated alkanes) is 2. The molecule has 1 heterocycles. The van der Waals surface area contributed by atoms with Gasteiger partial charge in [-0.3, -0.25) is 9.36 Å². The molecule has 0 radical (unpaired) electrons. The van der Waals surface area contributed by atoms with Crippen molar-refractivity contribution in [2.24, 2.45) is 0 Å². The fourth-order valence-electron chi connectivity index (χ4n) is 1.55. The topological polar surface area (TPSA) is 77.0 Å². The Morgan fingerprint density at radius 1 is 1.40 bits per heavy atom. The van der Waals surface area contributed by atoms with Crippen LogP contribution in [0.15, 0.2) is 9.95 Å². The van der Waals surface area contributed by atoms with E-state index in [4.69, 9.17) is 4.74 Å². The van der Waals surface area contributed by atoms with E-state index >= 15 is 0 Å². The van der Waals surface area contributed by atoms with E-state index in [1.807, 2.05) is 6.92 Å². The maximum atomic E-state index is 11.8. The summed E-state index contributed by atoms with van der Waals surface area (Å²) in [6, 6.07) is 0. The summed E-state index contributed by atoms with van der Waals surface area (Å²) in [5.41, 5.74) is -0.229. The van der Waals surface area contributed by atoms with Gasteiger partial charge in [0, 0.05) is 6.54 Å². The van der Waals surface area contributed by atoms with Gasteiger partial charge >= 0.3 is 11.7 Å². The Labute approximate surface area is 123 Å². The number of aromatic amines is 1. The first kappa shape index (κ1) is 16.8. The zero-order valence-corrected chi connectivity index (χ0v) is 13.2. The second-order valence-corrected chi connectivity index (χ2v) is 5.91. The predicted octanol–water partition coefficient (Wildman–Crippen LogP) is 2.20. The molecule has 0 saturated carbocycles. The summed E-state index contributed by atoms with van der Waals surface area (Å²) < 4.78 is 6.73. The molecule has 114 valence electrons. The second kappa shape index (κ2) is 8.84. The van der Waals surface area contributed by atoms with Crippen LogP contribution in [-0.2, 0) is 16.1 Å². The van der Waals surface area contributed by atoms with Crippen molar-refractivity contribution in [3.05, 3.63) is 10.5 Å². The van der Waals surface area contributed by atoms with Gasteiger partial charge in [-0.25, -0.2) is 9.89 Å². The molecule has 0 amide bonds. The monoisotopic (exact) mass is 301 g/mol. The van der Waals surface area contributed by atoms with Crippen LogP contribution in [-0.4, -0.2) is 32.6 Å². The SMILES string of the molecule is CCCCOC(=O)C(C)Sc1n[nH]c(=O)n1CCCC. The molecular weight excluding hydrogens is 278 g/mol. The normalized spacial score (nSPS) is 12.3. The number of carbonyl (C=O) groups is 1. The van der Waals surface area contributed by atoms with Gasteiger partial charge in [0.1, 0.15) is 5.25 Å². The van der Waals surface area contributed by atoms with Gasteiger partial charge in [0.05, 0.1) is 6.61 Å². The van der Waals surface area contributed by atoms with Gasteiger partial charge in [-0.2, -0.15) is 0 Å². The van der Waals surface area contributed by atoms with Gasteiger partial charge in [0.25, 0.3) is 0 Å². The molecule has 7 heteroatoms. The summed E-state index contributed by atoms with van der Waals surface area (Å²) in [7, 11) is 0. The van der Waals surface area contributed by atoms with Crippen molar-refractivity contribution in [2.75, 3.05) is 6.61 Å². The average Bonchev–Trinajstić information content (AvgIpc) is 2.77. The van der Waals surface area contributed by atoms with Crippen LogP contribution < -0.4 is 5.69 Å². The fourth-order valence-corrected chi connectivity index (χ4v) is 2.43. The largest absolute Gasteiger partial charge is 0.465 e. The lowest BCUT2D eigenvalue weighted by Crippen LogP contribution is -2.21. The molecule has 0 aliphatic heterocycles. The second-order valence-electron chi connectivity index (χ2n) is 4.60. The number of esters is 1. The number of nitrogens with zero attached hydrogens (tertiary/aromatic N) is 2. The van der Waals surface area contributed by atoms with Crippen LogP contribution in [0.3, 0.4) is 0 Å². The van der Waals surface area contributed by atoms with Crippen LogP contribution >= 0.6 is 11.8 Å². The van der Waals surface area contributed by atoms with Crippen molar-refractivity contribution in [2.45, 2.75) is 63.4 Å². The van der Waals surface area contributed by atoms with Gasteiger partial charge in [-0.05, 0) is 19.8 Å². The summed E-state index contributed by atoms with van der Waals surface area (Å²) >= 11 is 1.25. The zero-order chi connectivity index (χ0) is 15.0. The highest BCUT2D eigenvalue weighted by molar-refractivity contribution is 8.00. The minimum absolute atomic E-state index is 0.229. The quantitative estimate of drug-likeness (QED) is 0.430. The molecule has 0 aromatic carbocycles. The third kappa shape index (κ3) is 5.03. The summed E-state index contributed by atoms with van der Waals surface area (Å²) in [5, 5.41) is 6.57.